The molecular formula is C30H26F4O3. The fraction of sp³-hybridized carbons (Fsp3) is 0.300. The second kappa shape index (κ2) is 10.5. The van der Waals surface area contributed by atoms with Crippen LogP contribution in [0.1, 0.15) is 61.3 Å². The summed E-state index contributed by atoms with van der Waals surface area (Å²) in [4.78, 5) is 12.7. The van der Waals surface area contributed by atoms with Gasteiger partial charge in [0.1, 0.15) is 6.10 Å². The largest absolute Gasteiger partial charge is 0.423 e. The number of halogens is 4. The van der Waals surface area contributed by atoms with Crippen molar-refractivity contribution in [3.8, 4) is 16.9 Å². The number of ether oxygens (including phenoxy) is 2. The van der Waals surface area contributed by atoms with Crippen molar-refractivity contribution in [2.45, 2.75) is 44.6 Å². The molecule has 1 saturated carbocycles. The molecular weight excluding hydrogens is 484 g/mol. The van der Waals surface area contributed by atoms with Gasteiger partial charge in [-0.15, -0.1) is 0 Å². The van der Waals surface area contributed by atoms with Gasteiger partial charge in [0.15, 0.2) is 23.2 Å². The zero-order valence-electron chi connectivity index (χ0n) is 20.3. The fourth-order valence-electron chi connectivity index (χ4n) is 5.00. The summed E-state index contributed by atoms with van der Waals surface area (Å²) in [5.74, 6) is -5.97. The van der Waals surface area contributed by atoms with Crippen LogP contribution in [0.4, 0.5) is 17.6 Å². The van der Waals surface area contributed by atoms with E-state index >= 15 is 0 Å². The normalized spacial score (nSPS) is 21.3. The molecule has 2 aliphatic rings. The first-order chi connectivity index (χ1) is 17.9. The summed E-state index contributed by atoms with van der Waals surface area (Å²) in [6.45, 7) is 2.28. The Morgan fingerprint density at radius 2 is 1.49 bits per heavy atom. The van der Waals surface area contributed by atoms with Crippen LogP contribution >= 0.6 is 0 Å². The smallest absolute Gasteiger partial charge is 0.314 e. The molecule has 0 radical (unpaired) electrons. The van der Waals surface area contributed by atoms with E-state index in [4.69, 9.17) is 9.47 Å². The maximum Gasteiger partial charge on any atom is 0.314 e. The van der Waals surface area contributed by atoms with Gasteiger partial charge in [-0.1, -0.05) is 48.6 Å². The highest BCUT2D eigenvalue weighted by molar-refractivity contribution is 5.76. The van der Waals surface area contributed by atoms with Crippen LogP contribution in [0, 0.1) is 29.2 Å². The molecule has 1 heterocycles. The number of epoxide rings is 1. The van der Waals surface area contributed by atoms with E-state index in [0.29, 0.717) is 37.9 Å². The van der Waals surface area contributed by atoms with Gasteiger partial charge in [0, 0.05) is 11.1 Å². The summed E-state index contributed by atoms with van der Waals surface area (Å²) in [6.07, 6.45) is 5.05. The molecule has 1 aliphatic heterocycles. The van der Waals surface area contributed by atoms with Gasteiger partial charge < -0.3 is 9.47 Å². The van der Waals surface area contributed by atoms with Crippen molar-refractivity contribution < 1.29 is 31.8 Å². The summed E-state index contributed by atoms with van der Waals surface area (Å²) in [6, 6.07) is 12.8. The summed E-state index contributed by atoms with van der Waals surface area (Å²) < 4.78 is 69.0. The Balaban J connectivity index is 1.23. The van der Waals surface area contributed by atoms with Gasteiger partial charge in [0.2, 0.25) is 5.82 Å². The van der Waals surface area contributed by atoms with Crippen LogP contribution in [0.2, 0.25) is 0 Å². The Kier molecular flexibility index (Phi) is 7.15. The molecule has 0 aromatic heterocycles. The lowest BCUT2D eigenvalue weighted by molar-refractivity contribution is -0.140. The van der Waals surface area contributed by atoms with Crippen LogP contribution < -0.4 is 4.74 Å². The van der Waals surface area contributed by atoms with Gasteiger partial charge in [0.25, 0.3) is 0 Å². The zero-order valence-corrected chi connectivity index (χ0v) is 20.3. The number of hydrogen-bond acceptors (Lipinski definition) is 3. The molecule has 0 N–H and O–H groups in total. The van der Waals surface area contributed by atoms with E-state index < -0.39 is 40.9 Å². The van der Waals surface area contributed by atoms with Crippen molar-refractivity contribution in [3.63, 3.8) is 0 Å². The summed E-state index contributed by atoms with van der Waals surface area (Å²) in [7, 11) is 0. The predicted molar refractivity (Wildman–Crippen MR) is 132 cm³/mol. The molecule has 192 valence electrons. The number of hydrogen-bond donors (Lipinski definition) is 0. The highest BCUT2D eigenvalue weighted by Gasteiger charge is 2.34. The van der Waals surface area contributed by atoms with Gasteiger partial charge >= 0.3 is 5.97 Å². The molecule has 0 spiro atoms. The molecule has 7 heteroatoms. The van der Waals surface area contributed by atoms with E-state index in [2.05, 4.69) is 0 Å². The van der Waals surface area contributed by atoms with E-state index in [1.165, 1.54) is 12.1 Å². The number of esters is 1. The average Bonchev–Trinajstić information content (AvgIpc) is 3.75. The van der Waals surface area contributed by atoms with Crippen LogP contribution in [-0.2, 0) is 9.53 Å². The molecule has 0 amide bonds. The van der Waals surface area contributed by atoms with Gasteiger partial charge in [-0.3, -0.25) is 4.79 Å². The lowest BCUT2D eigenvalue weighted by atomic mass is 9.78. The van der Waals surface area contributed by atoms with E-state index in [1.807, 2.05) is 19.1 Å². The maximum absolute atomic E-state index is 14.8. The molecule has 1 aliphatic carbocycles. The third-order valence-electron chi connectivity index (χ3n) is 7.16. The first-order valence-electron chi connectivity index (χ1n) is 12.4. The summed E-state index contributed by atoms with van der Waals surface area (Å²) >= 11 is 0. The standard InChI is InChI=1S/C30H26F4O3/c1-2-3-17-4-6-18(7-5-17)22-14-15-24(29(34)27(22)32)37-30(35)20-10-8-19(9-11-20)21-12-13-23(25-16-36-25)28(33)26(21)31/h2-7,12-15,19-20,25H,8-11,16H2,1H3/b3-2+. The van der Waals surface area contributed by atoms with Gasteiger partial charge in [-0.25, -0.2) is 13.2 Å². The van der Waals surface area contributed by atoms with Crippen LogP contribution in [0.3, 0.4) is 0 Å². The lowest BCUT2D eigenvalue weighted by Gasteiger charge is -2.28. The predicted octanol–water partition coefficient (Wildman–Crippen LogP) is 7.89. The van der Waals surface area contributed by atoms with E-state index in [1.54, 1.807) is 36.4 Å². The monoisotopic (exact) mass is 510 g/mol. The molecule has 1 saturated heterocycles. The summed E-state index contributed by atoms with van der Waals surface area (Å²) in [5.41, 5.74) is 2.02. The van der Waals surface area contributed by atoms with Crippen molar-refractivity contribution in [1.29, 1.82) is 0 Å². The number of rotatable bonds is 6. The highest BCUT2D eigenvalue weighted by atomic mass is 19.2. The Bertz CT molecular complexity index is 1340. The molecule has 5 rings (SSSR count). The molecule has 37 heavy (non-hydrogen) atoms. The minimum atomic E-state index is -1.23. The van der Waals surface area contributed by atoms with Crippen molar-refractivity contribution >= 4 is 12.0 Å². The van der Waals surface area contributed by atoms with Crippen molar-refractivity contribution in [3.05, 3.63) is 94.6 Å². The van der Waals surface area contributed by atoms with E-state index in [-0.39, 0.29) is 28.7 Å². The first-order valence-corrected chi connectivity index (χ1v) is 12.4. The van der Waals surface area contributed by atoms with Crippen molar-refractivity contribution in [2.75, 3.05) is 6.61 Å². The molecule has 0 bridgehead atoms. The number of allylic oxidation sites excluding steroid dienone is 1. The zero-order chi connectivity index (χ0) is 26.1. The molecule has 3 nitrogen and oxygen atoms in total. The molecule has 2 fully saturated rings. The fourth-order valence-corrected chi connectivity index (χ4v) is 5.00. The Morgan fingerprint density at radius 3 is 2.14 bits per heavy atom. The topological polar surface area (TPSA) is 38.8 Å². The Labute approximate surface area is 212 Å². The number of benzene rings is 3. The Morgan fingerprint density at radius 1 is 0.838 bits per heavy atom. The second-order valence-corrected chi connectivity index (χ2v) is 9.52. The third-order valence-corrected chi connectivity index (χ3v) is 7.16. The maximum atomic E-state index is 14.8. The molecule has 3 aromatic rings. The Hall–Kier alpha value is -3.45. The van der Waals surface area contributed by atoms with Crippen molar-refractivity contribution in [2.24, 2.45) is 5.92 Å². The van der Waals surface area contributed by atoms with Crippen LogP contribution in [0.25, 0.3) is 17.2 Å². The third kappa shape index (κ3) is 5.18. The quantitative estimate of drug-likeness (QED) is 0.146. The van der Waals surface area contributed by atoms with Gasteiger partial charge in [-0.05, 0) is 67.3 Å². The number of carbonyl (C=O) groups excluding carboxylic acids is 1. The molecule has 1 unspecified atom stereocenters. The molecule has 3 aromatic carbocycles. The van der Waals surface area contributed by atoms with E-state index in [9.17, 15) is 22.4 Å². The highest BCUT2D eigenvalue weighted by Crippen LogP contribution is 2.41. The minimum absolute atomic E-state index is 0.0679. The lowest BCUT2D eigenvalue weighted by Crippen LogP contribution is -2.26. The first kappa shape index (κ1) is 25.2. The summed E-state index contributed by atoms with van der Waals surface area (Å²) in [5, 5.41) is 0. The van der Waals surface area contributed by atoms with E-state index in [0.717, 1.165) is 5.56 Å². The van der Waals surface area contributed by atoms with Gasteiger partial charge in [-0.2, -0.15) is 4.39 Å². The second-order valence-electron chi connectivity index (χ2n) is 9.52. The van der Waals surface area contributed by atoms with Crippen molar-refractivity contribution in [1.82, 2.24) is 0 Å². The minimum Gasteiger partial charge on any atom is -0.423 e. The number of carbonyl (C=O) groups is 1. The molecule has 1 atom stereocenters. The van der Waals surface area contributed by atoms with Crippen LogP contribution in [0.15, 0.2) is 54.6 Å². The average molecular weight is 511 g/mol. The van der Waals surface area contributed by atoms with Crippen LogP contribution in [-0.4, -0.2) is 12.6 Å². The van der Waals surface area contributed by atoms with Gasteiger partial charge in [0.05, 0.1) is 12.5 Å². The van der Waals surface area contributed by atoms with Crippen LogP contribution in [0.5, 0.6) is 5.75 Å². The SMILES string of the molecule is C/C=C/c1ccc(-c2ccc(OC(=O)C3CCC(c4ccc(C5CO5)c(F)c4F)CC3)c(F)c2F)cc1.